The van der Waals surface area contributed by atoms with Gasteiger partial charge in [-0.15, -0.1) is 0 Å². The molecule has 10 heteroatoms. The van der Waals surface area contributed by atoms with Crippen LogP contribution in [0.2, 0.25) is 0 Å². The molecule has 2 heterocycles. The molecule has 2 N–H and O–H groups in total. The number of nitrogens with two attached hydrogens (primary N) is 1. The minimum atomic E-state index is -4.65. The average molecular weight is 479 g/mol. The Morgan fingerprint density at radius 2 is 1.94 bits per heavy atom. The fourth-order valence-electron chi connectivity index (χ4n) is 3.98. The summed E-state index contributed by atoms with van der Waals surface area (Å²) in [5.41, 5.74) is 5.47. The van der Waals surface area contributed by atoms with E-state index in [0.717, 1.165) is 6.07 Å². The SMILES string of the molecule is CCOC(=O)C1C(COCCN)=Nc2ccnc(OC(C)C)c2C1c1ccccc1C(F)(F)F. The number of hydrogen-bond acceptors (Lipinski definition) is 7. The van der Waals surface area contributed by atoms with Crippen molar-refractivity contribution < 1.29 is 32.2 Å². The van der Waals surface area contributed by atoms with Crippen molar-refractivity contribution in [3.05, 3.63) is 53.2 Å². The first-order chi connectivity index (χ1) is 16.2. The Balaban J connectivity index is 2.31. The van der Waals surface area contributed by atoms with Crippen LogP contribution < -0.4 is 10.5 Å². The highest BCUT2D eigenvalue weighted by Gasteiger charge is 2.46. The molecule has 0 amide bonds. The number of halogens is 3. The van der Waals surface area contributed by atoms with Crippen molar-refractivity contribution in [2.24, 2.45) is 16.6 Å². The summed E-state index contributed by atoms with van der Waals surface area (Å²) in [5.74, 6) is -2.87. The molecule has 0 fully saturated rings. The van der Waals surface area contributed by atoms with E-state index in [1.54, 1.807) is 26.8 Å². The highest BCUT2D eigenvalue weighted by atomic mass is 19.4. The van der Waals surface area contributed by atoms with Gasteiger partial charge in [-0.3, -0.25) is 9.79 Å². The number of alkyl halides is 3. The number of nitrogens with zero attached hydrogens (tertiary/aromatic N) is 2. The standard InChI is InChI=1S/C24H28F3N3O4/c1-4-33-23(31)21-18(13-32-12-10-28)30-17-9-11-29-22(34-14(2)3)20(17)19(21)15-7-5-6-8-16(15)24(25,26)27/h5-9,11,14,19,21H,4,10,12-13,28H2,1-3H3. The van der Waals surface area contributed by atoms with E-state index >= 15 is 0 Å². The third-order valence-corrected chi connectivity index (χ3v) is 5.20. The highest BCUT2D eigenvalue weighted by Crippen LogP contribution is 2.49. The van der Waals surface area contributed by atoms with Crippen LogP contribution in [-0.4, -0.2) is 49.1 Å². The number of fused-ring (bicyclic) bond motifs is 1. The molecular formula is C24H28F3N3O4. The van der Waals surface area contributed by atoms with Crippen LogP contribution in [0, 0.1) is 5.92 Å². The van der Waals surface area contributed by atoms with Crippen LogP contribution in [0.1, 0.15) is 43.4 Å². The summed E-state index contributed by atoms with van der Waals surface area (Å²) < 4.78 is 58.9. The topological polar surface area (TPSA) is 96.0 Å². The lowest BCUT2D eigenvalue weighted by Crippen LogP contribution is -2.38. The quantitative estimate of drug-likeness (QED) is 0.427. The van der Waals surface area contributed by atoms with Crippen molar-refractivity contribution in [3.63, 3.8) is 0 Å². The molecule has 1 aromatic heterocycles. The largest absolute Gasteiger partial charge is 0.475 e. The van der Waals surface area contributed by atoms with Gasteiger partial charge in [-0.05, 0) is 38.5 Å². The van der Waals surface area contributed by atoms with Gasteiger partial charge in [-0.25, -0.2) is 4.98 Å². The number of esters is 1. The Labute approximate surface area is 196 Å². The molecule has 2 atom stereocenters. The molecule has 2 unspecified atom stereocenters. The molecular weight excluding hydrogens is 451 g/mol. The fraction of sp³-hybridized carbons (Fsp3) is 0.458. The van der Waals surface area contributed by atoms with Crippen LogP contribution in [0.25, 0.3) is 0 Å². The first-order valence-corrected chi connectivity index (χ1v) is 11.0. The lowest BCUT2D eigenvalue weighted by molar-refractivity contribution is -0.147. The third kappa shape index (κ3) is 5.56. The summed E-state index contributed by atoms with van der Waals surface area (Å²) in [4.78, 5) is 22.1. The molecule has 1 aliphatic heterocycles. The summed E-state index contributed by atoms with van der Waals surface area (Å²) >= 11 is 0. The molecule has 184 valence electrons. The molecule has 34 heavy (non-hydrogen) atoms. The second kappa shape index (κ2) is 11.0. The summed E-state index contributed by atoms with van der Waals surface area (Å²) in [7, 11) is 0. The zero-order valence-electron chi connectivity index (χ0n) is 19.3. The van der Waals surface area contributed by atoms with Gasteiger partial charge in [-0.1, -0.05) is 18.2 Å². The summed E-state index contributed by atoms with van der Waals surface area (Å²) in [5, 5.41) is 0. The average Bonchev–Trinajstić information content (AvgIpc) is 2.77. The van der Waals surface area contributed by atoms with Gasteiger partial charge in [0.05, 0.1) is 42.9 Å². The molecule has 0 radical (unpaired) electrons. The molecule has 1 aromatic carbocycles. The minimum Gasteiger partial charge on any atom is -0.475 e. The second-order valence-corrected chi connectivity index (χ2v) is 7.95. The van der Waals surface area contributed by atoms with Gasteiger partial charge in [0.1, 0.15) is 5.92 Å². The Kier molecular flexibility index (Phi) is 8.27. The normalized spacial score (nSPS) is 17.8. The van der Waals surface area contributed by atoms with Crippen molar-refractivity contribution in [2.45, 2.75) is 39.0 Å². The smallest absolute Gasteiger partial charge is 0.416 e. The maximum absolute atomic E-state index is 14.1. The van der Waals surface area contributed by atoms with Crippen LogP contribution in [0.15, 0.2) is 41.5 Å². The Morgan fingerprint density at radius 3 is 2.59 bits per heavy atom. The number of aromatic nitrogens is 1. The van der Waals surface area contributed by atoms with Gasteiger partial charge < -0.3 is 19.9 Å². The number of hydrogen-bond donors (Lipinski definition) is 1. The molecule has 0 saturated heterocycles. The number of benzene rings is 1. The molecule has 2 aromatic rings. The van der Waals surface area contributed by atoms with E-state index in [1.165, 1.54) is 24.4 Å². The molecule has 3 rings (SSSR count). The number of rotatable bonds is 9. The number of ether oxygens (including phenoxy) is 3. The van der Waals surface area contributed by atoms with Gasteiger partial charge in [-0.2, -0.15) is 13.2 Å². The van der Waals surface area contributed by atoms with Crippen LogP contribution >= 0.6 is 0 Å². The number of carbonyl (C=O) groups is 1. The van der Waals surface area contributed by atoms with Crippen LogP contribution in [0.5, 0.6) is 5.88 Å². The Morgan fingerprint density at radius 1 is 1.21 bits per heavy atom. The van der Waals surface area contributed by atoms with Gasteiger partial charge in [0, 0.05) is 24.2 Å². The minimum absolute atomic E-state index is 0.0508. The first kappa shape index (κ1) is 25.6. The van der Waals surface area contributed by atoms with Gasteiger partial charge in [0.15, 0.2) is 0 Å². The Bertz CT molecular complexity index is 1040. The van der Waals surface area contributed by atoms with E-state index in [4.69, 9.17) is 19.9 Å². The van der Waals surface area contributed by atoms with Crippen molar-refractivity contribution in [2.75, 3.05) is 26.4 Å². The van der Waals surface area contributed by atoms with E-state index in [9.17, 15) is 18.0 Å². The predicted molar refractivity (Wildman–Crippen MR) is 120 cm³/mol. The lowest BCUT2D eigenvalue weighted by Gasteiger charge is -2.34. The lowest BCUT2D eigenvalue weighted by atomic mass is 9.74. The number of carbonyl (C=O) groups excluding carboxylic acids is 1. The number of aliphatic imine (C=N–C) groups is 1. The van der Waals surface area contributed by atoms with Crippen molar-refractivity contribution in [3.8, 4) is 5.88 Å². The van der Waals surface area contributed by atoms with E-state index in [2.05, 4.69) is 9.98 Å². The second-order valence-electron chi connectivity index (χ2n) is 7.95. The van der Waals surface area contributed by atoms with Crippen LogP contribution in [0.4, 0.5) is 18.9 Å². The van der Waals surface area contributed by atoms with Gasteiger partial charge >= 0.3 is 12.1 Å². The molecule has 0 spiro atoms. The third-order valence-electron chi connectivity index (χ3n) is 5.20. The zero-order valence-corrected chi connectivity index (χ0v) is 19.3. The maximum atomic E-state index is 14.1. The van der Waals surface area contributed by atoms with Crippen LogP contribution in [0.3, 0.4) is 0 Å². The number of pyridine rings is 1. The predicted octanol–water partition coefficient (Wildman–Crippen LogP) is 4.26. The van der Waals surface area contributed by atoms with E-state index in [1.807, 2.05) is 0 Å². The van der Waals surface area contributed by atoms with Crippen molar-refractivity contribution in [1.82, 2.24) is 4.98 Å². The highest BCUT2D eigenvalue weighted by molar-refractivity contribution is 6.07. The molecule has 7 nitrogen and oxygen atoms in total. The summed E-state index contributed by atoms with van der Waals surface area (Å²) in [6.45, 7) is 5.59. The zero-order chi connectivity index (χ0) is 24.9. The van der Waals surface area contributed by atoms with Gasteiger partial charge in [0.25, 0.3) is 0 Å². The molecule has 0 bridgehead atoms. The van der Waals surface area contributed by atoms with E-state index < -0.39 is 29.5 Å². The maximum Gasteiger partial charge on any atom is 0.416 e. The Hall–Kier alpha value is -2.98. The van der Waals surface area contributed by atoms with Crippen molar-refractivity contribution >= 4 is 17.4 Å². The molecule has 1 aliphatic rings. The van der Waals surface area contributed by atoms with Crippen molar-refractivity contribution in [1.29, 1.82) is 0 Å². The molecule has 0 saturated carbocycles. The first-order valence-electron chi connectivity index (χ1n) is 11.0. The van der Waals surface area contributed by atoms with Gasteiger partial charge in [0.2, 0.25) is 5.88 Å². The monoisotopic (exact) mass is 479 g/mol. The van der Waals surface area contributed by atoms with E-state index in [0.29, 0.717) is 11.3 Å². The summed E-state index contributed by atoms with van der Waals surface area (Å²) in [6.07, 6.45) is -3.49. The fourth-order valence-corrected chi connectivity index (χ4v) is 3.98. The van der Waals surface area contributed by atoms with Crippen LogP contribution in [-0.2, 0) is 20.4 Å². The summed E-state index contributed by atoms with van der Waals surface area (Å²) in [6, 6.07) is 6.74. The van der Waals surface area contributed by atoms with E-state index in [-0.39, 0.29) is 49.6 Å². The molecule has 0 aliphatic carbocycles.